The van der Waals surface area contributed by atoms with Gasteiger partial charge in [0.05, 0.1) is 12.7 Å². The minimum absolute atomic E-state index is 0.0567. The molecule has 2 fully saturated rings. The number of dihydropyridines is 1. The van der Waals surface area contributed by atoms with E-state index >= 15 is 0 Å². The number of allylic oxidation sites excluding steroid dienone is 2. The van der Waals surface area contributed by atoms with Gasteiger partial charge in [0.2, 0.25) is 0 Å². The topological polar surface area (TPSA) is 56.8 Å². The zero-order chi connectivity index (χ0) is 13.3. The van der Waals surface area contributed by atoms with Gasteiger partial charge >= 0.3 is 0 Å². The fourth-order valence-corrected chi connectivity index (χ4v) is 3.71. The Morgan fingerprint density at radius 3 is 3.05 bits per heavy atom. The van der Waals surface area contributed by atoms with Gasteiger partial charge in [-0.15, -0.1) is 0 Å². The number of morpholine rings is 1. The number of aliphatic hydroxyl groups excluding tert-OH is 1. The molecule has 3 aliphatic rings. The second kappa shape index (κ2) is 5.69. The van der Waals surface area contributed by atoms with E-state index in [1.54, 1.807) is 0 Å². The average Bonchev–Trinajstić information content (AvgIpc) is 2.87. The maximum atomic E-state index is 9.84. The number of rotatable bonds is 2. The molecule has 2 unspecified atom stereocenters. The number of aliphatic hydroxyl groups is 1. The number of hydrogen-bond donors (Lipinski definition) is 3. The lowest BCUT2D eigenvalue weighted by Gasteiger charge is -2.47. The normalized spacial score (nSPS) is 40.0. The molecule has 3 heterocycles. The first kappa shape index (κ1) is 13.8. The summed E-state index contributed by atoms with van der Waals surface area (Å²) < 4.78 is 7.19. The molecule has 0 aliphatic carbocycles. The Balaban J connectivity index is 1.88. The quantitative estimate of drug-likeness (QED) is 0.600. The summed E-state index contributed by atoms with van der Waals surface area (Å²) in [7, 11) is 0. The molecule has 0 spiro atoms. The molecule has 0 bridgehead atoms. The number of β-amino-alcohol motifs (C(OH)–C–C–N with tert-alkyl or cyclic N) is 1. The third kappa shape index (κ3) is 2.69. The second-order valence-corrected chi connectivity index (χ2v) is 6.53. The highest BCUT2D eigenvalue weighted by Gasteiger charge is 2.46. The van der Waals surface area contributed by atoms with Crippen molar-refractivity contribution in [3.05, 3.63) is 21.9 Å². The van der Waals surface area contributed by atoms with E-state index in [0.29, 0.717) is 6.54 Å². The van der Waals surface area contributed by atoms with E-state index in [-0.39, 0.29) is 17.9 Å². The molecule has 3 atom stereocenters. The summed E-state index contributed by atoms with van der Waals surface area (Å²) in [4.78, 5) is 2.30. The van der Waals surface area contributed by atoms with Gasteiger partial charge in [-0.25, -0.2) is 0 Å². The summed E-state index contributed by atoms with van der Waals surface area (Å²) in [6.07, 6.45) is 6.93. The first-order chi connectivity index (χ1) is 9.21. The molecule has 0 amide bonds. The minimum Gasteiger partial charge on any atom is -0.392 e. The SMILES string of the molecule is O[C@H]1CCN(C2(C3CNCCO3)C=C(I)C=CN2)C1. The number of likely N-dealkylation sites (tertiary alicyclic amines) is 1. The zero-order valence-corrected chi connectivity index (χ0v) is 13.0. The van der Waals surface area contributed by atoms with Crippen LogP contribution in [0.5, 0.6) is 0 Å². The summed E-state index contributed by atoms with van der Waals surface area (Å²) in [6, 6.07) is 0. The van der Waals surface area contributed by atoms with E-state index in [4.69, 9.17) is 4.74 Å². The first-order valence-corrected chi connectivity index (χ1v) is 7.86. The molecule has 0 radical (unpaired) electrons. The van der Waals surface area contributed by atoms with Crippen LogP contribution in [0, 0.1) is 0 Å². The van der Waals surface area contributed by atoms with Crippen LogP contribution in [0.4, 0.5) is 0 Å². The predicted octanol–water partition coefficient (Wildman–Crippen LogP) is 0.174. The highest BCUT2D eigenvalue weighted by molar-refractivity contribution is 14.1. The smallest absolute Gasteiger partial charge is 0.139 e. The number of ether oxygens (including phenoxy) is 1. The molecular formula is C13H20IN3O2. The summed E-state index contributed by atoms with van der Waals surface area (Å²) in [5.74, 6) is 0. The van der Waals surface area contributed by atoms with Crippen molar-refractivity contribution in [3.63, 3.8) is 0 Å². The number of nitrogens with one attached hydrogen (secondary N) is 2. The molecule has 3 N–H and O–H groups in total. The molecule has 6 heteroatoms. The Kier molecular flexibility index (Phi) is 4.14. The number of halogens is 1. The molecule has 0 aromatic carbocycles. The van der Waals surface area contributed by atoms with Crippen LogP contribution in [0.2, 0.25) is 0 Å². The molecule has 19 heavy (non-hydrogen) atoms. The van der Waals surface area contributed by atoms with Crippen molar-refractivity contribution < 1.29 is 9.84 Å². The molecule has 3 aliphatic heterocycles. The maximum Gasteiger partial charge on any atom is 0.139 e. The van der Waals surface area contributed by atoms with Gasteiger partial charge in [-0.2, -0.15) is 0 Å². The van der Waals surface area contributed by atoms with E-state index in [2.05, 4.69) is 50.3 Å². The van der Waals surface area contributed by atoms with Crippen LogP contribution in [-0.2, 0) is 4.74 Å². The summed E-state index contributed by atoms with van der Waals surface area (Å²) >= 11 is 2.34. The molecule has 3 rings (SSSR count). The van der Waals surface area contributed by atoms with Crippen LogP contribution >= 0.6 is 22.6 Å². The van der Waals surface area contributed by atoms with Crippen molar-refractivity contribution in [1.29, 1.82) is 0 Å². The standard InChI is InChI=1S/C13H20IN3O2/c14-10-1-3-16-13(7-10,12-8-15-4-6-19-12)17-5-2-11(18)9-17/h1,3,7,11-12,15-16,18H,2,4-6,8-9H2/t11-,12?,13?/m0/s1. The van der Waals surface area contributed by atoms with Gasteiger partial charge in [0.1, 0.15) is 11.8 Å². The van der Waals surface area contributed by atoms with Crippen LogP contribution in [0.1, 0.15) is 6.42 Å². The molecule has 2 saturated heterocycles. The van der Waals surface area contributed by atoms with Crippen molar-refractivity contribution in [3.8, 4) is 0 Å². The Hall–Kier alpha value is -0.150. The molecule has 0 aromatic heterocycles. The summed E-state index contributed by atoms with van der Waals surface area (Å²) in [5.41, 5.74) is -0.337. The van der Waals surface area contributed by atoms with Crippen molar-refractivity contribution in [2.75, 3.05) is 32.8 Å². The first-order valence-electron chi connectivity index (χ1n) is 6.79. The lowest BCUT2D eigenvalue weighted by Crippen LogP contribution is -2.67. The fraction of sp³-hybridized carbons (Fsp3) is 0.692. The monoisotopic (exact) mass is 377 g/mol. The van der Waals surface area contributed by atoms with E-state index in [1.807, 2.05) is 6.20 Å². The third-order valence-corrected chi connectivity index (χ3v) is 4.69. The van der Waals surface area contributed by atoms with E-state index < -0.39 is 0 Å². The maximum absolute atomic E-state index is 9.84. The van der Waals surface area contributed by atoms with Crippen LogP contribution in [0.15, 0.2) is 21.9 Å². The van der Waals surface area contributed by atoms with Crippen LogP contribution < -0.4 is 10.6 Å². The van der Waals surface area contributed by atoms with Gasteiger partial charge in [-0.3, -0.25) is 4.90 Å². The lowest BCUT2D eigenvalue weighted by molar-refractivity contribution is -0.0710. The highest BCUT2D eigenvalue weighted by Crippen LogP contribution is 2.31. The van der Waals surface area contributed by atoms with Crippen molar-refractivity contribution in [2.24, 2.45) is 0 Å². The summed E-state index contributed by atoms with van der Waals surface area (Å²) in [5, 5.41) is 16.7. The van der Waals surface area contributed by atoms with Gasteiger partial charge < -0.3 is 20.5 Å². The van der Waals surface area contributed by atoms with Gasteiger partial charge in [0, 0.05) is 29.8 Å². The van der Waals surface area contributed by atoms with Crippen LogP contribution in [0.3, 0.4) is 0 Å². The van der Waals surface area contributed by atoms with E-state index in [1.165, 1.54) is 3.58 Å². The Labute approximate surface area is 127 Å². The third-order valence-electron chi connectivity index (χ3n) is 4.02. The van der Waals surface area contributed by atoms with Gasteiger partial charge in [-0.05, 0) is 47.4 Å². The summed E-state index contributed by atoms with van der Waals surface area (Å²) in [6.45, 7) is 4.06. The van der Waals surface area contributed by atoms with Crippen molar-refractivity contribution in [1.82, 2.24) is 15.5 Å². The van der Waals surface area contributed by atoms with Gasteiger partial charge in [0.15, 0.2) is 0 Å². The van der Waals surface area contributed by atoms with Crippen LogP contribution in [0.25, 0.3) is 0 Å². The van der Waals surface area contributed by atoms with E-state index in [0.717, 1.165) is 32.7 Å². The largest absolute Gasteiger partial charge is 0.392 e. The number of hydrogen-bond acceptors (Lipinski definition) is 5. The number of nitrogens with zero attached hydrogens (tertiary/aromatic N) is 1. The van der Waals surface area contributed by atoms with Crippen molar-refractivity contribution in [2.45, 2.75) is 24.3 Å². The molecule has 0 aromatic rings. The Morgan fingerprint density at radius 1 is 1.53 bits per heavy atom. The predicted molar refractivity (Wildman–Crippen MR) is 81.9 cm³/mol. The van der Waals surface area contributed by atoms with Gasteiger partial charge in [0.25, 0.3) is 0 Å². The van der Waals surface area contributed by atoms with Gasteiger partial charge in [-0.1, -0.05) is 0 Å². The molecular weight excluding hydrogens is 357 g/mol. The highest BCUT2D eigenvalue weighted by atomic mass is 127. The second-order valence-electron chi connectivity index (χ2n) is 5.28. The fourth-order valence-electron chi connectivity index (χ4n) is 3.05. The van der Waals surface area contributed by atoms with Crippen LogP contribution in [-0.4, -0.2) is 60.7 Å². The average molecular weight is 377 g/mol. The zero-order valence-electron chi connectivity index (χ0n) is 10.8. The molecule has 5 nitrogen and oxygen atoms in total. The minimum atomic E-state index is -0.337. The van der Waals surface area contributed by atoms with Crippen molar-refractivity contribution >= 4 is 22.6 Å². The lowest BCUT2D eigenvalue weighted by atomic mass is 9.97. The Morgan fingerprint density at radius 2 is 2.42 bits per heavy atom. The van der Waals surface area contributed by atoms with E-state index in [9.17, 15) is 5.11 Å². The Bertz CT molecular complexity index is 389. The molecule has 0 saturated carbocycles. The molecule has 106 valence electrons.